The standard InChI is InChI=1S/C19H30N4O/c1-15-11-12-20-19(21-15)23-13-7-8-16(14-23)18(24)22-17-9-5-3-2-4-6-10-17/h11-12,16-17H,2-10,13-14H2,1H3,(H,22,24). The highest BCUT2D eigenvalue weighted by atomic mass is 16.2. The summed E-state index contributed by atoms with van der Waals surface area (Å²) >= 11 is 0. The molecule has 2 aliphatic rings. The van der Waals surface area contributed by atoms with Crippen molar-refractivity contribution in [3.05, 3.63) is 18.0 Å². The summed E-state index contributed by atoms with van der Waals surface area (Å²) in [6.45, 7) is 3.66. The van der Waals surface area contributed by atoms with E-state index in [2.05, 4.69) is 20.2 Å². The van der Waals surface area contributed by atoms with E-state index in [-0.39, 0.29) is 11.8 Å². The van der Waals surface area contributed by atoms with Gasteiger partial charge in [0, 0.05) is 31.0 Å². The van der Waals surface area contributed by atoms with Crippen molar-refractivity contribution in [2.24, 2.45) is 5.92 Å². The number of carbonyl (C=O) groups excluding carboxylic acids is 1. The zero-order valence-corrected chi connectivity index (χ0v) is 14.8. The number of piperidine rings is 1. The summed E-state index contributed by atoms with van der Waals surface area (Å²) in [5.74, 6) is 1.06. The number of hydrogen-bond acceptors (Lipinski definition) is 4. The number of nitrogens with one attached hydrogen (secondary N) is 1. The second kappa shape index (κ2) is 8.45. The molecule has 1 amide bonds. The van der Waals surface area contributed by atoms with Crippen molar-refractivity contribution in [2.75, 3.05) is 18.0 Å². The Morgan fingerprint density at radius 2 is 1.88 bits per heavy atom. The summed E-state index contributed by atoms with van der Waals surface area (Å²) in [4.78, 5) is 23.8. The van der Waals surface area contributed by atoms with Crippen LogP contribution in [0.25, 0.3) is 0 Å². The highest BCUT2D eigenvalue weighted by Gasteiger charge is 2.28. The zero-order valence-electron chi connectivity index (χ0n) is 14.8. The van der Waals surface area contributed by atoms with Crippen LogP contribution in [0.4, 0.5) is 5.95 Å². The molecule has 1 N–H and O–H groups in total. The molecule has 1 aliphatic heterocycles. The van der Waals surface area contributed by atoms with Crippen molar-refractivity contribution in [1.29, 1.82) is 0 Å². The fourth-order valence-electron chi connectivity index (χ4n) is 3.88. The second-order valence-corrected chi connectivity index (χ2v) is 7.33. The Hall–Kier alpha value is -1.65. The fourth-order valence-corrected chi connectivity index (χ4v) is 3.88. The first-order valence-corrected chi connectivity index (χ1v) is 9.57. The predicted octanol–water partition coefficient (Wildman–Crippen LogP) is 3.23. The molecule has 1 aliphatic carbocycles. The van der Waals surface area contributed by atoms with E-state index >= 15 is 0 Å². The molecule has 1 saturated heterocycles. The normalized spacial score (nSPS) is 23.4. The molecule has 132 valence electrons. The third-order valence-corrected chi connectivity index (χ3v) is 5.31. The van der Waals surface area contributed by atoms with Gasteiger partial charge in [-0.05, 0) is 38.7 Å². The number of rotatable bonds is 3. The van der Waals surface area contributed by atoms with Crippen LogP contribution in [0, 0.1) is 12.8 Å². The minimum Gasteiger partial charge on any atom is -0.353 e. The van der Waals surface area contributed by atoms with Gasteiger partial charge in [0.2, 0.25) is 11.9 Å². The van der Waals surface area contributed by atoms with E-state index in [1.165, 1.54) is 32.1 Å². The van der Waals surface area contributed by atoms with Crippen molar-refractivity contribution in [1.82, 2.24) is 15.3 Å². The molecule has 0 spiro atoms. The Kier molecular flexibility index (Phi) is 6.05. The van der Waals surface area contributed by atoms with E-state index in [1.807, 2.05) is 13.0 Å². The lowest BCUT2D eigenvalue weighted by Gasteiger charge is -2.33. The highest BCUT2D eigenvalue weighted by Crippen LogP contribution is 2.22. The van der Waals surface area contributed by atoms with Crippen LogP contribution >= 0.6 is 0 Å². The summed E-state index contributed by atoms with van der Waals surface area (Å²) in [7, 11) is 0. The lowest BCUT2D eigenvalue weighted by Crippen LogP contribution is -2.46. The van der Waals surface area contributed by atoms with E-state index in [9.17, 15) is 4.79 Å². The van der Waals surface area contributed by atoms with Gasteiger partial charge in [-0.1, -0.05) is 32.1 Å². The average molecular weight is 330 g/mol. The summed E-state index contributed by atoms with van der Waals surface area (Å²) in [6.07, 6.45) is 12.6. The number of carbonyl (C=O) groups is 1. The van der Waals surface area contributed by atoms with Gasteiger partial charge in [0.05, 0.1) is 5.92 Å². The Labute approximate surface area is 145 Å². The maximum Gasteiger partial charge on any atom is 0.225 e. The van der Waals surface area contributed by atoms with Crippen molar-refractivity contribution in [3.8, 4) is 0 Å². The predicted molar refractivity (Wildman–Crippen MR) is 96.0 cm³/mol. The van der Waals surface area contributed by atoms with Gasteiger partial charge in [-0.2, -0.15) is 0 Å². The topological polar surface area (TPSA) is 58.1 Å². The first kappa shape index (κ1) is 17.2. The molecule has 5 heteroatoms. The molecule has 5 nitrogen and oxygen atoms in total. The van der Waals surface area contributed by atoms with Crippen LogP contribution in [0.2, 0.25) is 0 Å². The smallest absolute Gasteiger partial charge is 0.225 e. The molecular formula is C19H30N4O. The molecule has 1 unspecified atom stereocenters. The van der Waals surface area contributed by atoms with Crippen LogP contribution in [0.15, 0.2) is 12.3 Å². The Balaban J connectivity index is 1.56. The molecule has 2 fully saturated rings. The van der Waals surface area contributed by atoms with Crippen molar-refractivity contribution >= 4 is 11.9 Å². The first-order chi connectivity index (χ1) is 11.7. The third-order valence-electron chi connectivity index (χ3n) is 5.31. The molecule has 24 heavy (non-hydrogen) atoms. The minimum absolute atomic E-state index is 0.0632. The maximum atomic E-state index is 12.7. The van der Waals surface area contributed by atoms with Crippen molar-refractivity contribution in [2.45, 2.75) is 70.8 Å². The van der Waals surface area contributed by atoms with Crippen LogP contribution in [-0.4, -0.2) is 35.0 Å². The number of aryl methyl sites for hydroxylation is 1. The molecule has 1 aromatic rings. The summed E-state index contributed by atoms with van der Waals surface area (Å²) in [6, 6.07) is 2.29. The molecule has 1 aromatic heterocycles. The molecule has 0 bridgehead atoms. The molecule has 2 heterocycles. The van der Waals surface area contributed by atoms with E-state index < -0.39 is 0 Å². The third kappa shape index (κ3) is 4.68. The summed E-state index contributed by atoms with van der Waals surface area (Å²) < 4.78 is 0. The van der Waals surface area contributed by atoms with Crippen LogP contribution < -0.4 is 10.2 Å². The van der Waals surface area contributed by atoms with Gasteiger partial charge in [0.1, 0.15) is 0 Å². The number of aromatic nitrogens is 2. The van der Waals surface area contributed by atoms with Gasteiger partial charge in [-0.3, -0.25) is 4.79 Å². The van der Waals surface area contributed by atoms with Gasteiger partial charge in [0.25, 0.3) is 0 Å². The van der Waals surface area contributed by atoms with E-state index in [4.69, 9.17) is 0 Å². The van der Waals surface area contributed by atoms with Crippen LogP contribution in [0.5, 0.6) is 0 Å². The molecule has 0 radical (unpaired) electrons. The van der Waals surface area contributed by atoms with Gasteiger partial charge in [0.15, 0.2) is 0 Å². The lowest BCUT2D eigenvalue weighted by atomic mass is 9.94. The molecule has 3 rings (SSSR count). The first-order valence-electron chi connectivity index (χ1n) is 9.57. The molecule has 1 saturated carbocycles. The molecule has 0 aromatic carbocycles. The molecular weight excluding hydrogens is 300 g/mol. The SMILES string of the molecule is Cc1ccnc(N2CCCC(C(=O)NC3CCCCCCC3)C2)n1. The average Bonchev–Trinajstić information content (AvgIpc) is 2.57. The molecule has 1 atom stereocenters. The fraction of sp³-hybridized carbons (Fsp3) is 0.737. The number of hydrogen-bond donors (Lipinski definition) is 1. The van der Waals surface area contributed by atoms with E-state index in [0.717, 1.165) is 50.4 Å². The summed E-state index contributed by atoms with van der Waals surface area (Å²) in [5.41, 5.74) is 0.973. The quantitative estimate of drug-likeness (QED) is 0.924. The number of nitrogens with zero attached hydrogens (tertiary/aromatic N) is 3. The largest absolute Gasteiger partial charge is 0.353 e. The number of amides is 1. The van der Waals surface area contributed by atoms with Crippen molar-refractivity contribution in [3.63, 3.8) is 0 Å². The van der Waals surface area contributed by atoms with E-state index in [0.29, 0.717) is 6.04 Å². The van der Waals surface area contributed by atoms with Crippen LogP contribution in [0.3, 0.4) is 0 Å². The van der Waals surface area contributed by atoms with Gasteiger partial charge in [-0.25, -0.2) is 9.97 Å². The van der Waals surface area contributed by atoms with Crippen molar-refractivity contribution < 1.29 is 4.79 Å². The second-order valence-electron chi connectivity index (χ2n) is 7.33. The minimum atomic E-state index is 0.0632. The van der Waals surface area contributed by atoms with E-state index in [1.54, 1.807) is 6.20 Å². The van der Waals surface area contributed by atoms with Gasteiger partial charge >= 0.3 is 0 Å². The van der Waals surface area contributed by atoms with Gasteiger partial charge in [-0.15, -0.1) is 0 Å². The zero-order chi connectivity index (χ0) is 16.8. The van der Waals surface area contributed by atoms with Crippen LogP contribution in [0.1, 0.15) is 63.5 Å². The van der Waals surface area contributed by atoms with Crippen LogP contribution in [-0.2, 0) is 4.79 Å². The monoisotopic (exact) mass is 330 g/mol. The highest BCUT2D eigenvalue weighted by molar-refractivity contribution is 5.79. The maximum absolute atomic E-state index is 12.7. The lowest BCUT2D eigenvalue weighted by molar-refractivity contribution is -0.126. The Bertz CT molecular complexity index is 540. The Morgan fingerprint density at radius 3 is 2.62 bits per heavy atom. The van der Waals surface area contributed by atoms with Gasteiger partial charge < -0.3 is 10.2 Å². The Morgan fingerprint density at radius 1 is 1.12 bits per heavy atom. The summed E-state index contributed by atoms with van der Waals surface area (Å²) in [5, 5.41) is 3.33. The number of anilines is 1.